The first kappa shape index (κ1) is 12.0. The Balaban J connectivity index is 3.86. The third kappa shape index (κ3) is 8.90. The third-order valence-corrected chi connectivity index (χ3v) is 1.22. The van der Waals surface area contributed by atoms with Gasteiger partial charge in [-0.25, -0.2) is 0 Å². The van der Waals surface area contributed by atoms with Crippen LogP contribution in [0.5, 0.6) is 0 Å². The minimum atomic E-state index is -0.819. The van der Waals surface area contributed by atoms with Crippen molar-refractivity contribution < 1.29 is 9.90 Å². The Morgan fingerprint density at radius 3 is 2.38 bits per heavy atom. The van der Waals surface area contributed by atoms with E-state index in [0.29, 0.717) is 6.54 Å². The lowest BCUT2D eigenvalue weighted by molar-refractivity contribution is -0.137. The minimum absolute atomic E-state index is 0.00986. The maximum Gasteiger partial charge on any atom is 0.317 e. The fourth-order valence-electron chi connectivity index (χ4n) is 0.726. The molecular weight excluding hydrogens is 166 g/mol. The number of hydrogen-bond acceptors (Lipinski definition) is 2. The van der Waals surface area contributed by atoms with Gasteiger partial charge in [-0.1, -0.05) is 11.8 Å². The molecule has 3 heteroatoms. The van der Waals surface area contributed by atoms with Gasteiger partial charge in [0.2, 0.25) is 0 Å². The first-order chi connectivity index (χ1) is 5.81. The van der Waals surface area contributed by atoms with E-state index < -0.39 is 5.97 Å². The first-order valence-corrected chi connectivity index (χ1v) is 4.21. The summed E-state index contributed by atoms with van der Waals surface area (Å²) in [4.78, 5) is 11.9. The molecule has 0 aliphatic carbocycles. The zero-order valence-corrected chi connectivity index (χ0v) is 8.72. The van der Waals surface area contributed by atoms with E-state index in [1.807, 2.05) is 20.8 Å². The van der Waals surface area contributed by atoms with Crippen molar-refractivity contribution in [3.8, 4) is 11.8 Å². The molecule has 0 aromatic rings. The van der Waals surface area contributed by atoms with Gasteiger partial charge >= 0.3 is 5.97 Å². The van der Waals surface area contributed by atoms with E-state index in [4.69, 9.17) is 5.11 Å². The molecule has 0 rings (SSSR count). The number of hydrogen-bond donors (Lipinski definition) is 1. The Morgan fingerprint density at radius 1 is 1.46 bits per heavy atom. The third-order valence-electron chi connectivity index (χ3n) is 1.22. The molecule has 13 heavy (non-hydrogen) atoms. The highest BCUT2D eigenvalue weighted by Crippen LogP contribution is 2.09. The van der Waals surface area contributed by atoms with Crippen molar-refractivity contribution in [2.45, 2.75) is 20.8 Å². The molecule has 1 N–H and O–H groups in total. The predicted molar refractivity (Wildman–Crippen MR) is 52.4 cm³/mol. The second-order valence-corrected chi connectivity index (χ2v) is 4.12. The number of carboxylic acids is 1. The highest BCUT2D eigenvalue weighted by atomic mass is 16.4. The van der Waals surface area contributed by atoms with Crippen molar-refractivity contribution in [1.29, 1.82) is 0 Å². The molecule has 3 nitrogen and oxygen atoms in total. The lowest BCUT2D eigenvalue weighted by atomic mass is 9.98. The topological polar surface area (TPSA) is 40.5 Å². The molecule has 0 atom stereocenters. The van der Waals surface area contributed by atoms with Crippen LogP contribution in [-0.4, -0.2) is 36.1 Å². The maximum absolute atomic E-state index is 10.3. The van der Waals surface area contributed by atoms with Gasteiger partial charge in [0, 0.05) is 5.41 Å². The lowest BCUT2D eigenvalue weighted by Crippen LogP contribution is -2.26. The number of rotatable bonds is 3. The summed E-state index contributed by atoms with van der Waals surface area (Å²) in [6.07, 6.45) is 0. The lowest BCUT2D eigenvalue weighted by Gasteiger charge is -2.10. The molecule has 0 radical (unpaired) electrons. The van der Waals surface area contributed by atoms with Crippen LogP contribution in [0.1, 0.15) is 20.8 Å². The van der Waals surface area contributed by atoms with Crippen molar-refractivity contribution in [2.24, 2.45) is 5.41 Å². The highest BCUT2D eigenvalue weighted by molar-refractivity contribution is 5.69. The average Bonchev–Trinajstić information content (AvgIpc) is 1.81. The van der Waals surface area contributed by atoms with Gasteiger partial charge in [-0.3, -0.25) is 9.69 Å². The van der Waals surface area contributed by atoms with Crippen LogP contribution in [0, 0.1) is 17.3 Å². The molecule has 0 amide bonds. The molecular formula is C10H17NO2. The van der Waals surface area contributed by atoms with E-state index in [0.717, 1.165) is 0 Å². The summed E-state index contributed by atoms with van der Waals surface area (Å²) in [6.45, 7) is 6.62. The number of carboxylic acid groups (broad SMARTS) is 1. The largest absolute Gasteiger partial charge is 0.480 e. The van der Waals surface area contributed by atoms with Crippen molar-refractivity contribution in [2.75, 3.05) is 20.1 Å². The van der Waals surface area contributed by atoms with E-state index >= 15 is 0 Å². The van der Waals surface area contributed by atoms with E-state index in [9.17, 15) is 4.79 Å². The van der Waals surface area contributed by atoms with Crippen LogP contribution in [0.2, 0.25) is 0 Å². The van der Waals surface area contributed by atoms with Crippen LogP contribution >= 0.6 is 0 Å². The SMILES string of the molecule is CN(CC#CC(C)(C)C)CC(=O)O. The molecule has 0 spiro atoms. The molecule has 0 aliphatic heterocycles. The average molecular weight is 183 g/mol. The van der Waals surface area contributed by atoms with Crippen molar-refractivity contribution in [3.63, 3.8) is 0 Å². The molecule has 0 fully saturated rings. The predicted octanol–water partition coefficient (Wildman–Crippen LogP) is 1.05. The summed E-state index contributed by atoms with van der Waals surface area (Å²) < 4.78 is 0. The van der Waals surface area contributed by atoms with Gasteiger partial charge in [0.1, 0.15) is 0 Å². The van der Waals surface area contributed by atoms with Crippen LogP contribution in [0.3, 0.4) is 0 Å². The number of nitrogens with zero attached hydrogens (tertiary/aromatic N) is 1. The van der Waals surface area contributed by atoms with E-state index in [1.54, 1.807) is 11.9 Å². The summed E-state index contributed by atoms with van der Waals surface area (Å²) in [7, 11) is 1.74. The van der Waals surface area contributed by atoms with E-state index in [1.165, 1.54) is 0 Å². The molecule has 0 bridgehead atoms. The van der Waals surface area contributed by atoms with Gasteiger partial charge in [-0.15, -0.1) is 0 Å². The molecule has 0 aromatic carbocycles. The fraction of sp³-hybridized carbons (Fsp3) is 0.700. The zero-order chi connectivity index (χ0) is 10.5. The Labute approximate surface area is 79.7 Å². The summed E-state index contributed by atoms with van der Waals surface area (Å²) in [6, 6.07) is 0. The Kier molecular flexibility index (Phi) is 4.50. The van der Waals surface area contributed by atoms with Gasteiger partial charge in [-0.05, 0) is 27.8 Å². The zero-order valence-electron chi connectivity index (χ0n) is 8.72. The molecule has 0 unspecified atom stereocenters. The summed E-state index contributed by atoms with van der Waals surface area (Å²) >= 11 is 0. The minimum Gasteiger partial charge on any atom is -0.480 e. The van der Waals surface area contributed by atoms with Gasteiger partial charge in [0.05, 0.1) is 13.1 Å². The summed E-state index contributed by atoms with van der Waals surface area (Å²) in [5.41, 5.74) is -0.00986. The van der Waals surface area contributed by atoms with Crippen molar-refractivity contribution in [3.05, 3.63) is 0 Å². The molecule has 0 saturated heterocycles. The van der Waals surface area contributed by atoms with Crippen LogP contribution < -0.4 is 0 Å². The second-order valence-electron chi connectivity index (χ2n) is 4.12. The summed E-state index contributed by atoms with van der Waals surface area (Å²) in [5, 5.41) is 8.45. The number of likely N-dealkylation sites (N-methyl/N-ethyl adjacent to an activating group) is 1. The van der Waals surface area contributed by atoms with E-state index in [2.05, 4.69) is 11.8 Å². The van der Waals surface area contributed by atoms with Crippen LogP contribution in [0.15, 0.2) is 0 Å². The highest BCUT2D eigenvalue weighted by Gasteiger charge is 2.04. The Morgan fingerprint density at radius 2 is 2.00 bits per heavy atom. The smallest absolute Gasteiger partial charge is 0.317 e. The normalized spacial score (nSPS) is 10.8. The van der Waals surface area contributed by atoms with Gasteiger partial charge in [-0.2, -0.15) is 0 Å². The van der Waals surface area contributed by atoms with Crippen molar-refractivity contribution >= 4 is 5.97 Å². The van der Waals surface area contributed by atoms with Crippen LogP contribution in [0.25, 0.3) is 0 Å². The molecule has 0 heterocycles. The Hall–Kier alpha value is -1.01. The van der Waals surface area contributed by atoms with Crippen LogP contribution in [-0.2, 0) is 4.79 Å². The number of carbonyl (C=O) groups is 1. The second kappa shape index (κ2) is 4.88. The van der Waals surface area contributed by atoms with E-state index in [-0.39, 0.29) is 12.0 Å². The van der Waals surface area contributed by atoms with Gasteiger partial charge in [0.15, 0.2) is 0 Å². The monoisotopic (exact) mass is 183 g/mol. The first-order valence-electron chi connectivity index (χ1n) is 4.21. The van der Waals surface area contributed by atoms with Gasteiger partial charge in [0.25, 0.3) is 0 Å². The van der Waals surface area contributed by atoms with Crippen molar-refractivity contribution in [1.82, 2.24) is 4.90 Å². The fourth-order valence-corrected chi connectivity index (χ4v) is 0.726. The van der Waals surface area contributed by atoms with Crippen LogP contribution in [0.4, 0.5) is 0 Å². The number of aliphatic carboxylic acids is 1. The molecule has 0 aliphatic rings. The maximum atomic E-state index is 10.3. The van der Waals surface area contributed by atoms with Gasteiger partial charge < -0.3 is 5.11 Å². The molecule has 0 aromatic heterocycles. The quantitative estimate of drug-likeness (QED) is 0.665. The molecule has 74 valence electrons. The standard InChI is InChI=1S/C10H17NO2/c1-10(2,3)6-5-7-11(4)8-9(12)13/h7-8H2,1-4H3,(H,12,13). The molecule has 0 saturated carbocycles. The summed E-state index contributed by atoms with van der Waals surface area (Å²) in [5.74, 6) is 5.17. The Bertz CT molecular complexity index is 230.